The molecule has 4 nitrogen and oxygen atoms in total. The van der Waals surface area contributed by atoms with Gasteiger partial charge in [0.15, 0.2) is 0 Å². The smallest absolute Gasteiger partial charge is 0.305 e. The SMILES string of the molecule is CC(CC(=O)O)n1cc(Br)c(F)n1. The Morgan fingerprint density at radius 3 is 2.92 bits per heavy atom. The Balaban J connectivity index is 2.77. The summed E-state index contributed by atoms with van der Waals surface area (Å²) in [6.45, 7) is 1.66. The number of hydrogen-bond acceptors (Lipinski definition) is 2. The number of carbonyl (C=O) groups is 1. The van der Waals surface area contributed by atoms with E-state index in [4.69, 9.17) is 5.11 Å². The molecule has 0 saturated heterocycles. The van der Waals surface area contributed by atoms with Gasteiger partial charge in [0.05, 0.1) is 16.9 Å². The Morgan fingerprint density at radius 2 is 2.54 bits per heavy atom. The Hall–Kier alpha value is -0.910. The first-order valence-corrected chi connectivity index (χ1v) is 4.42. The van der Waals surface area contributed by atoms with Gasteiger partial charge in [-0.05, 0) is 22.9 Å². The minimum absolute atomic E-state index is 0.0758. The highest BCUT2D eigenvalue weighted by atomic mass is 79.9. The van der Waals surface area contributed by atoms with Gasteiger partial charge in [-0.2, -0.15) is 4.39 Å². The van der Waals surface area contributed by atoms with Crippen molar-refractivity contribution in [1.29, 1.82) is 0 Å². The summed E-state index contributed by atoms with van der Waals surface area (Å²) in [6, 6.07) is -0.349. The molecule has 0 bridgehead atoms. The van der Waals surface area contributed by atoms with Crippen LogP contribution in [0, 0.1) is 5.95 Å². The first kappa shape index (κ1) is 10.2. The molecule has 6 heteroatoms. The minimum atomic E-state index is -0.931. The van der Waals surface area contributed by atoms with Crippen LogP contribution in [0.25, 0.3) is 0 Å². The second-order valence-electron chi connectivity index (χ2n) is 2.69. The van der Waals surface area contributed by atoms with Gasteiger partial charge in [-0.1, -0.05) is 0 Å². The van der Waals surface area contributed by atoms with E-state index in [-0.39, 0.29) is 16.9 Å². The van der Waals surface area contributed by atoms with E-state index >= 15 is 0 Å². The third-order valence-electron chi connectivity index (χ3n) is 1.57. The molecule has 13 heavy (non-hydrogen) atoms. The lowest BCUT2D eigenvalue weighted by Crippen LogP contribution is -2.11. The molecule has 1 unspecified atom stereocenters. The quantitative estimate of drug-likeness (QED) is 0.891. The van der Waals surface area contributed by atoms with E-state index in [1.165, 1.54) is 10.9 Å². The van der Waals surface area contributed by atoms with Gasteiger partial charge in [-0.25, -0.2) is 0 Å². The third kappa shape index (κ3) is 2.51. The summed E-state index contributed by atoms with van der Waals surface area (Å²) in [4.78, 5) is 10.3. The van der Waals surface area contributed by atoms with Crippen LogP contribution in [0.1, 0.15) is 19.4 Å². The summed E-state index contributed by atoms with van der Waals surface area (Å²) in [5.74, 6) is -1.56. The molecule has 0 fully saturated rings. The molecule has 0 saturated carbocycles. The Bertz CT molecular complexity index is 307. The molecule has 0 amide bonds. The van der Waals surface area contributed by atoms with Crippen LogP contribution in [-0.4, -0.2) is 20.9 Å². The minimum Gasteiger partial charge on any atom is -0.481 e. The zero-order chi connectivity index (χ0) is 10.0. The van der Waals surface area contributed by atoms with Gasteiger partial charge < -0.3 is 5.11 Å². The summed E-state index contributed by atoms with van der Waals surface area (Å²) in [5.41, 5.74) is 0. The maximum Gasteiger partial charge on any atom is 0.305 e. The van der Waals surface area contributed by atoms with E-state index in [9.17, 15) is 9.18 Å². The lowest BCUT2D eigenvalue weighted by molar-refractivity contribution is -0.137. The number of carboxylic acids is 1. The molecule has 0 spiro atoms. The molecule has 0 radical (unpaired) electrons. The van der Waals surface area contributed by atoms with Crippen molar-refractivity contribution in [3.05, 3.63) is 16.6 Å². The molecule has 0 aromatic carbocycles. The summed E-state index contributed by atoms with van der Waals surface area (Å²) < 4.78 is 14.2. The highest BCUT2D eigenvalue weighted by Gasteiger charge is 2.13. The zero-order valence-electron chi connectivity index (χ0n) is 6.87. The van der Waals surface area contributed by atoms with Crippen molar-refractivity contribution >= 4 is 21.9 Å². The number of halogens is 2. The van der Waals surface area contributed by atoms with Gasteiger partial charge in [0.1, 0.15) is 0 Å². The van der Waals surface area contributed by atoms with E-state index in [0.29, 0.717) is 0 Å². The molecular formula is C7H8BrFN2O2. The third-order valence-corrected chi connectivity index (χ3v) is 2.10. The van der Waals surface area contributed by atoms with E-state index in [0.717, 1.165) is 0 Å². The van der Waals surface area contributed by atoms with Crippen LogP contribution in [0.2, 0.25) is 0 Å². The molecule has 1 atom stereocenters. The average Bonchev–Trinajstić information content (AvgIpc) is 2.31. The number of rotatable bonds is 3. The van der Waals surface area contributed by atoms with Crippen molar-refractivity contribution in [2.75, 3.05) is 0 Å². The molecule has 0 aliphatic rings. The molecule has 1 rings (SSSR count). The fourth-order valence-corrected chi connectivity index (χ4v) is 1.21. The predicted octanol–water partition coefficient (Wildman–Crippen LogP) is 1.82. The van der Waals surface area contributed by atoms with Crippen LogP contribution in [0.5, 0.6) is 0 Å². The number of aromatic nitrogens is 2. The normalized spacial score (nSPS) is 12.8. The topological polar surface area (TPSA) is 55.1 Å². The standard InChI is InChI=1S/C7H8BrFN2O2/c1-4(2-6(12)13)11-3-5(8)7(9)10-11/h3-4H,2H2,1H3,(H,12,13). The maximum absolute atomic E-state index is 12.7. The van der Waals surface area contributed by atoms with Gasteiger partial charge in [0.2, 0.25) is 5.95 Å². The number of aliphatic carboxylic acids is 1. The lowest BCUT2D eigenvalue weighted by atomic mass is 10.2. The molecule has 1 aromatic rings. The fraction of sp³-hybridized carbons (Fsp3) is 0.429. The monoisotopic (exact) mass is 250 g/mol. The Morgan fingerprint density at radius 1 is 1.92 bits per heavy atom. The van der Waals surface area contributed by atoms with E-state index < -0.39 is 11.9 Å². The average molecular weight is 251 g/mol. The first-order chi connectivity index (χ1) is 6.00. The maximum atomic E-state index is 12.7. The molecule has 72 valence electrons. The zero-order valence-corrected chi connectivity index (χ0v) is 8.45. The van der Waals surface area contributed by atoms with Gasteiger partial charge >= 0.3 is 5.97 Å². The van der Waals surface area contributed by atoms with Crippen LogP contribution in [0.15, 0.2) is 10.7 Å². The van der Waals surface area contributed by atoms with Crippen LogP contribution < -0.4 is 0 Å². The van der Waals surface area contributed by atoms with Crippen molar-refractivity contribution in [1.82, 2.24) is 9.78 Å². The van der Waals surface area contributed by atoms with Crippen molar-refractivity contribution in [3.63, 3.8) is 0 Å². The number of hydrogen-bond donors (Lipinski definition) is 1. The largest absolute Gasteiger partial charge is 0.481 e. The van der Waals surface area contributed by atoms with Gasteiger partial charge in [0.25, 0.3) is 0 Å². The Labute approximate surface area is 82.5 Å². The van der Waals surface area contributed by atoms with Crippen molar-refractivity contribution < 1.29 is 14.3 Å². The summed E-state index contributed by atoms with van der Waals surface area (Å²) in [5, 5.41) is 12.0. The van der Waals surface area contributed by atoms with Crippen LogP contribution in [-0.2, 0) is 4.79 Å². The number of carboxylic acid groups (broad SMARTS) is 1. The Kier molecular flexibility index (Phi) is 3.02. The van der Waals surface area contributed by atoms with Crippen LogP contribution in [0.4, 0.5) is 4.39 Å². The van der Waals surface area contributed by atoms with Crippen LogP contribution >= 0.6 is 15.9 Å². The molecule has 1 heterocycles. The van der Waals surface area contributed by atoms with Crippen molar-refractivity contribution in [3.8, 4) is 0 Å². The molecule has 1 aromatic heterocycles. The van der Waals surface area contributed by atoms with Gasteiger partial charge in [-0.15, -0.1) is 5.10 Å². The summed E-state index contributed by atoms with van der Waals surface area (Å²) >= 11 is 2.94. The molecule has 1 N–H and O–H groups in total. The second-order valence-corrected chi connectivity index (χ2v) is 3.55. The molecular weight excluding hydrogens is 243 g/mol. The highest BCUT2D eigenvalue weighted by Crippen LogP contribution is 2.17. The van der Waals surface area contributed by atoms with E-state index in [1.54, 1.807) is 6.92 Å². The van der Waals surface area contributed by atoms with Crippen LogP contribution in [0.3, 0.4) is 0 Å². The summed E-state index contributed by atoms with van der Waals surface area (Å²) in [6.07, 6.45) is 1.34. The number of nitrogens with zero attached hydrogens (tertiary/aromatic N) is 2. The van der Waals surface area contributed by atoms with Gasteiger partial charge in [-0.3, -0.25) is 9.48 Å². The molecule has 0 aliphatic carbocycles. The van der Waals surface area contributed by atoms with Crippen molar-refractivity contribution in [2.45, 2.75) is 19.4 Å². The van der Waals surface area contributed by atoms with Crippen molar-refractivity contribution in [2.24, 2.45) is 0 Å². The van der Waals surface area contributed by atoms with E-state index in [1.807, 2.05) is 0 Å². The molecule has 0 aliphatic heterocycles. The summed E-state index contributed by atoms with van der Waals surface area (Å²) in [7, 11) is 0. The predicted molar refractivity (Wildman–Crippen MR) is 46.8 cm³/mol. The second kappa shape index (κ2) is 3.87. The van der Waals surface area contributed by atoms with Gasteiger partial charge in [0, 0.05) is 6.20 Å². The highest BCUT2D eigenvalue weighted by molar-refractivity contribution is 9.10. The first-order valence-electron chi connectivity index (χ1n) is 3.62. The fourth-order valence-electron chi connectivity index (χ4n) is 0.919. The van der Waals surface area contributed by atoms with E-state index in [2.05, 4.69) is 21.0 Å². The lowest BCUT2D eigenvalue weighted by Gasteiger charge is -2.07.